The van der Waals surface area contributed by atoms with Crippen LogP contribution in [0.5, 0.6) is 0 Å². The van der Waals surface area contributed by atoms with Gasteiger partial charge >= 0.3 is 0 Å². The van der Waals surface area contributed by atoms with Crippen LogP contribution in [-0.2, 0) is 10.0 Å². The third-order valence-corrected chi connectivity index (χ3v) is 8.72. The second-order valence-electron chi connectivity index (χ2n) is 10.2. The van der Waals surface area contributed by atoms with Gasteiger partial charge in [0.2, 0.25) is 15.8 Å². The molecule has 0 saturated carbocycles. The second kappa shape index (κ2) is 11.0. The number of ketones is 1. The highest BCUT2D eigenvalue weighted by Gasteiger charge is 2.32. The number of para-hydroxylation sites is 2. The van der Waals surface area contributed by atoms with Crippen LogP contribution in [0.15, 0.2) is 88.2 Å². The van der Waals surface area contributed by atoms with E-state index in [1.54, 1.807) is 42.5 Å². The molecule has 1 saturated heterocycles. The fourth-order valence-corrected chi connectivity index (χ4v) is 6.87. The van der Waals surface area contributed by atoms with Crippen LogP contribution >= 0.6 is 0 Å². The molecule has 8 nitrogen and oxygen atoms in total. The van der Waals surface area contributed by atoms with Gasteiger partial charge in [-0.25, -0.2) is 8.42 Å². The summed E-state index contributed by atoms with van der Waals surface area (Å²) in [7, 11) is -3.73. The highest BCUT2D eigenvalue weighted by atomic mass is 32.2. The molecule has 4 aromatic rings. The molecule has 0 aliphatic carbocycles. The van der Waals surface area contributed by atoms with Crippen molar-refractivity contribution in [1.29, 1.82) is 0 Å². The van der Waals surface area contributed by atoms with Gasteiger partial charge < -0.3 is 15.1 Å². The van der Waals surface area contributed by atoms with Crippen LogP contribution in [0.4, 0.5) is 11.4 Å². The molecule has 2 heterocycles. The molecule has 2 N–H and O–H groups in total. The van der Waals surface area contributed by atoms with E-state index in [4.69, 9.17) is 4.42 Å². The van der Waals surface area contributed by atoms with E-state index >= 15 is 0 Å². The summed E-state index contributed by atoms with van der Waals surface area (Å²) in [5.41, 5.74) is 1.78. The van der Waals surface area contributed by atoms with Gasteiger partial charge in [-0.3, -0.25) is 9.59 Å². The first-order valence-electron chi connectivity index (χ1n) is 13.0. The van der Waals surface area contributed by atoms with E-state index in [1.807, 2.05) is 24.3 Å². The van der Waals surface area contributed by atoms with Gasteiger partial charge in [0.25, 0.3) is 5.91 Å². The van der Waals surface area contributed by atoms with Crippen molar-refractivity contribution in [1.82, 2.24) is 4.31 Å². The van der Waals surface area contributed by atoms with Gasteiger partial charge in [0.1, 0.15) is 5.58 Å². The van der Waals surface area contributed by atoms with Crippen LogP contribution in [0.2, 0.25) is 0 Å². The summed E-state index contributed by atoms with van der Waals surface area (Å²) in [4.78, 5) is 26.4. The lowest BCUT2D eigenvalue weighted by Crippen LogP contribution is -2.42. The number of furan rings is 1. The predicted molar refractivity (Wildman–Crippen MR) is 152 cm³/mol. The Bertz CT molecular complexity index is 1600. The number of piperidine rings is 1. The molecule has 39 heavy (non-hydrogen) atoms. The van der Waals surface area contributed by atoms with Crippen LogP contribution in [0.1, 0.15) is 41.2 Å². The Morgan fingerprint density at radius 2 is 1.62 bits per heavy atom. The normalized spacial score (nSPS) is 18.1. The number of Topliss-reactive ketones (excluding diaryl/α,β-unsaturated/α-hetero) is 1. The predicted octanol–water partition coefficient (Wildman–Crippen LogP) is 5.65. The van der Waals surface area contributed by atoms with E-state index in [9.17, 15) is 18.0 Å². The average molecular weight is 546 g/mol. The van der Waals surface area contributed by atoms with Gasteiger partial charge in [-0.2, -0.15) is 4.31 Å². The fourth-order valence-electron chi connectivity index (χ4n) is 5.14. The van der Waals surface area contributed by atoms with Crippen molar-refractivity contribution in [2.24, 2.45) is 11.8 Å². The zero-order valence-corrected chi connectivity index (χ0v) is 22.7. The molecular formula is C30H31N3O5S. The van der Waals surface area contributed by atoms with E-state index < -0.39 is 15.9 Å². The summed E-state index contributed by atoms with van der Waals surface area (Å²) in [5.74, 6) is -0.165. The number of amides is 1. The molecule has 1 aliphatic rings. The maximum Gasteiger partial charge on any atom is 0.293 e. The number of carbonyl (C=O) groups excluding carboxylic acids is 2. The van der Waals surface area contributed by atoms with Crippen LogP contribution in [0.25, 0.3) is 11.0 Å². The number of rotatable bonds is 8. The maximum atomic E-state index is 13.4. The van der Waals surface area contributed by atoms with E-state index in [1.165, 1.54) is 16.4 Å². The minimum absolute atomic E-state index is 0.0533. The fraction of sp³-hybridized carbons (Fsp3) is 0.267. The molecule has 3 aromatic carbocycles. The summed E-state index contributed by atoms with van der Waals surface area (Å²) < 4.78 is 34.1. The number of carbonyl (C=O) groups is 2. The molecule has 9 heteroatoms. The standard InChI is InChI=1S/C30H31N3O5S/c1-20-15-21(2)19-33(18-20)39(36,37)24-12-8-9-22(16-24)26(34)17-31-28-25-13-6-7-14-27(25)38-29(28)30(35)32-23-10-4-3-5-11-23/h3-14,16,20-21,31H,15,17-19H2,1-2H3,(H,32,35). The van der Waals surface area contributed by atoms with Gasteiger partial charge in [0.15, 0.2) is 5.78 Å². The Hall–Kier alpha value is -3.95. The Balaban J connectivity index is 1.36. The van der Waals surface area contributed by atoms with Gasteiger partial charge in [-0.1, -0.05) is 56.3 Å². The molecule has 202 valence electrons. The molecular weight excluding hydrogens is 514 g/mol. The highest BCUT2D eigenvalue weighted by molar-refractivity contribution is 7.89. The Morgan fingerprint density at radius 3 is 2.36 bits per heavy atom. The Morgan fingerprint density at radius 1 is 0.923 bits per heavy atom. The smallest absolute Gasteiger partial charge is 0.293 e. The Labute approximate surface area is 228 Å². The lowest BCUT2D eigenvalue weighted by atomic mass is 9.94. The molecule has 0 radical (unpaired) electrons. The lowest BCUT2D eigenvalue weighted by molar-refractivity contribution is 0.0990. The number of hydrogen-bond acceptors (Lipinski definition) is 6. The molecule has 1 fully saturated rings. The number of nitrogens with zero attached hydrogens (tertiary/aromatic N) is 1. The zero-order valence-electron chi connectivity index (χ0n) is 21.9. The lowest BCUT2D eigenvalue weighted by Gasteiger charge is -2.34. The van der Waals surface area contributed by atoms with Crippen molar-refractivity contribution in [3.8, 4) is 0 Å². The van der Waals surface area contributed by atoms with E-state index in [-0.39, 0.29) is 40.4 Å². The summed E-state index contributed by atoms with van der Waals surface area (Å²) in [6.07, 6.45) is 0.990. The molecule has 0 bridgehead atoms. The second-order valence-corrected chi connectivity index (χ2v) is 12.1. The first-order valence-corrected chi connectivity index (χ1v) is 14.4. The third kappa shape index (κ3) is 5.74. The number of benzene rings is 3. The number of hydrogen-bond donors (Lipinski definition) is 2. The summed E-state index contributed by atoms with van der Waals surface area (Å²) in [5, 5.41) is 6.54. The molecule has 1 aromatic heterocycles. The van der Waals surface area contributed by atoms with Crippen LogP contribution < -0.4 is 10.6 Å². The minimum Gasteiger partial charge on any atom is -0.449 e. The minimum atomic E-state index is -3.73. The number of fused-ring (bicyclic) bond motifs is 1. The first-order chi connectivity index (χ1) is 18.7. The first kappa shape index (κ1) is 26.6. The average Bonchev–Trinajstić information content (AvgIpc) is 3.30. The highest BCUT2D eigenvalue weighted by Crippen LogP contribution is 2.32. The summed E-state index contributed by atoms with van der Waals surface area (Å²) >= 11 is 0. The number of nitrogens with one attached hydrogen (secondary N) is 2. The van der Waals surface area contributed by atoms with Crippen LogP contribution in [-0.4, -0.2) is 44.0 Å². The molecule has 1 amide bonds. The molecule has 2 atom stereocenters. The van der Waals surface area contributed by atoms with Gasteiger partial charge in [-0.15, -0.1) is 0 Å². The zero-order chi connectivity index (χ0) is 27.6. The van der Waals surface area contributed by atoms with Gasteiger partial charge in [-0.05, 0) is 54.7 Å². The van der Waals surface area contributed by atoms with Crippen molar-refractivity contribution >= 4 is 44.1 Å². The maximum absolute atomic E-state index is 13.4. The SMILES string of the molecule is CC1CC(C)CN(S(=O)(=O)c2cccc(C(=O)CNc3c(C(=O)Nc4ccccc4)oc4ccccc34)c2)C1. The topological polar surface area (TPSA) is 109 Å². The molecule has 1 aliphatic heterocycles. The van der Waals surface area contributed by atoms with Crippen molar-refractivity contribution in [2.75, 3.05) is 30.3 Å². The van der Waals surface area contributed by atoms with E-state index in [2.05, 4.69) is 24.5 Å². The largest absolute Gasteiger partial charge is 0.449 e. The van der Waals surface area contributed by atoms with Crippen LogP contribution in [0, 0.1) is 11.8 Å². The summed E-state index contributed by atoms with van der Waals surface area (Å²) in [6.45, 7) is 4.88. The Kier molecular flexibility index (Phi) is 7.54. The summed E-state index contributed by atoms with van der Waals surface area (Å²) in [6, 6.07) is 22.3. The van der Waals surface area contributed by atoms with Crippen molar-refractivity contribution in [2.45, 2.75) is 25.2 Å². The molecule has 2 unspecified atom stereocenters. The van der Waals surface area contributed by atoms with E-state index in [0.29, 0.717) is 35.4 Å². The molecule has 0 spiro atoms. The van der Waals surface area contributed by atoms with Crippen LogP contribution in [0.3, 0.4) is 0 Å². The number of sulfonamides is 1. The van der Waals surface area contributed by atoms with Crippen molar-refractivity contribution in [3.63, 3.8) is 0 Å². The van der Waals surface area contributed by atoms with Gasteiger partial charge in [0.05, 0.1) is 17.1 Å². The number of anilines is 2. The van der Waals surface area contributed by atoms with E-state index in [0.717, 1.165) is 6.42 Å². The van der Waals surface area contributed by atoms with Crippen molar-refractivity contribution in [3.05, 3.63) is 90.2 Å². The monoisotopic (exact) mass is 545 g/mol. The molecule has 5 rings (SSSR count). The van der Waals surface area contributed by atoms with Crippen molar-refractivity contribution < 1.29 is 22.4 Å². The quantitative estimate of drug-likeness (QED) is 0.277. The third-order valence-electron chi connectivity index (χ3n) is 6.89. The van der Waals surface area contributed by atoms with Gasteiger partial charge in [0, 0.05) is 29.7 Å².